The predicted molar refractivity (Wildman–Crippen MR) is 70.8 cm³/mol. The Kier molecular flexibility index (Phi) is 5.01. The van der Waals surface area contributed by atoms with Gasteiger partial charge in [-0.3, -0.25) is 0 Å². The molecule has 4 heteroatoms. The van der Waals surface area contributed by atoms with E-state index in [-0.39, 0.29) is 31.0 Å². The molecule has 0 aromatic heterocycles. The first kappa shape index (κ1) is 16.5. The second-order valence-electron chi connectivity index (χ2n) is 5.83. The molecule has 1 aliphatic heterocycles. The van der Waals surface area contributed by atoms with Crippen LogP contribution in [0.15, 0.2) is 44.2 Å². The molecule has 1 fully saturated rings. The fraction of sp³-hybridized carbons (Fsp3) is 0.429. The first-order valence-electron chi connectivity index (χ1n) is 6.39. The minimum atomic E-state index is -2.27. The molecule has 0 N–H and O–H groups in total. The molecule has 0 spiro atoms. The first-order valence-corrected chi connectivity index (χ1v) is 15.0. The summed E-state index contributed by atoms with van der Waals surface area (Å²) in [5, 5.41) is 0. The fourth-order valence-corrected chi connectivity index (χ4v) is 29.7. The molecule has 1 heterocycles. The van der Waals surface area contributed by atoms with E-state index in [1.807, 2.05) is 7.76 Å². The van der Waals surface area contributed by atoms with Gasteiger partial charge in [0.25, 0.3) is 0 Å². The van der Waals surface area contributed by atoms with Crippen LogP contribution in [0.3, 0.4) is 0 Å². The van der Waals surface area contributed by atoms with E-state index in [0.29, 0.717) is 0 Å². The molecule has 0 saturated carbocycles. The van der Waals surface area contributed by atoms with E-state index in [4.69, 9.17) is 0 Å². The van der Waals surface area contributed by atoms with E-state index in [2.05, 4.69) is 49.6 Å². The Balaban J connectivity index is 0.000000810. The number of hydrogen-bond acceptors (Lipinski definition) is 0. The molecule has 0 atom stereocenters. The van der Waals surface area contributed by atoms with E-state index in [1.165, 1.54) is 12.8 Å². The molecule has 3 rings (SSSR count). The monoisotopic (exact) mass is 334 g/mol. The molecule has 0 amide bonds. The Morgan fingerprint density at radius 3 is 1.56 bits per heavy atom. The smallest absolute Gasteiger partial charge is 1.00 e. The third-order valence-electron chi connectivity index (χ3n) is 5.30. The third-order valence-corrected chi connectivity index (χ3v) is 32.9. The molecular weight excluding hydrogens is 315 g/mol. The van der Waals surface area contributed by atoms with Gasteiger partial charge in [0.15, 0.2) is 0 Å². The molecule has 0 aromatic carbocycles. The quantitative estimate of drug-likeness (QED) is 0.538. The van der Waals surface area contributed by atoms with Crippen molar-refractivity contribution in [1.82, 2.24) is 0 Å². The number of halogens is 2. The second kappa shape index (κ2) is 5.46. The molecule has 0 nitrogen and oxygen atoms in total. The van der Waals surface area contributed by atoms with Crippen molar-refractivity contribution in [1.29, 1.82) is 0 Å². The summed E-state index contributed by atoms with van der Waals surface area (Å²) in [6.45, 7) is 5.18. The van der Waals surface area contributed by atoms with Gasteiger partial charge in [0.05, 0.1) is 0 Å². The minimum absolute atomic E-state index is 0. The Morgan fingerprint density at radius 1 is 0.889 bits per heavy atom. The average molecular weight is 335 g/mol. The summed E-state index contributed by atoms with van der Waals surface area (Å²) in [7, 11) is 0. The van der Waals surface area contributed by atoms with Crippen molar-refractivity contribution >= 4 is 6.19 Å². The largest absolute Gasteiger partial charge is 1.00 e. The van der Waals surface area contributed by atoms with Crippen LogP contribution < -0.4 is 24.8 Å². The topological polar surface area (TPSA) is 0 Å². The SMILES string of the molecule is C[Si](C)=[Ti+2]1([C]2=CC=CC2)([C]2=CC=CC2)[CH2][CH2]1.[Cl-].[Cl-]. The van der Waals surface area contributed by atoms with Crippen molar-refractivity contribution in [3.8, 4) is 0 Å². The van der Waals surface area contributed by atoms with Crippen LogP contribution in [0.25, 0.3) is 0 Å². The van der Waals surface area contributed by atoms with Gasteiger partial charge in [-0.15, -0.1) is 0 Å². The van der Waals surface area contributed by atoms with Crippen LogP contribution in [0, 0.1) is 0 Å². The number of allylic oxidation sites excluding steroid dienone is 8. The van der Waals surface area contributed by atoms with E-state index < -0.39 is 14.0 Å². The third kappa shape index (κ3) is 1.91. The van der Waals surface area contributed by atoms with Gasteiger partial charge >= 0.3 is 99.8 Å². The molecule has 2 aliphatic carbocycles. The maximum absolute atomic E-state index is 2.59. The molecule has 0 unspecified atom stereocenters. The van der Waals surface area contributed by atoms with Crippen LogP contribution in [0.2, 0.25) is 22.5 Å². The summed E-state index contributed by atoms with van der Waals surface area (Å²) in [5.41, 5.74) is 0. The first-order chi connectivity index (χ1) is 7.69. The molecule has 0 radical (unpaired) electrons. The van der Waals surface area contributed by atoms with Crippen LogP contribution in [-0.2, 0) is 14.0 Å². The van der Waals surface area contributed by atoms with Crippen molar-refractivity contribution in [3.63, 3.8) is 0 Å². The summed E-state index contributed by atoms with van der Waals surface area (Å²) in [4.78, 5) is 0. The Bertz CT molecular complexity index is 502. The van der Waals surface area contributed by atoms with Crippen molar-refractivity contribution in [2.24, 2.45) is 0 Å². The van der Waals surface area contributed by atoms with Gasteiger partial charge < -0.3 is 24.8 Å². The van der Waals surface area contributed by atoms with Crippen LogP contribution in [0.5, 0.6) is 0 Å². The molecular formula is C14H20Cl2SiTi. The molecule has 98 valence electrons. The van der Waals surface area contributed by atoms with E-state index in [1.54, 1.807) is 9.45 Å². The van der Waals surface area contributed by atoms with Gasteiger partial charge in [-0.05, 0) is 0 Å². The number of hydrogen-bond donors (Lipinski definition) is 0. The molecule has 3 aliphatic rings. The Labute approximate surface area is 124 Å². The van der Waals surface area contributed by atoms with Crippen molar-refractivity contribution in [2.75, 3.05) is 0 Å². The molecule has 1 saturated heterocycles. The average Bonchev–Trinajstić information content (AvgIpc) is 2.79. The van der Waals surface area contributed by atoms with E-state index in [0.717, 1.165) is 0 Å². The van der Waals surface area contributed by atoms with Gasteiger partial charge in [-0.1, -0.05) is 0 Å². The summed E-state index contributed by atoms with van der Waals surface area (Å²) < 4.78 is 7.01. The van der Waals surface area contributed by atoms with Crippen molar-refractivity contribution in [3.05, 3.63) is 44.2 Å². The van der Waals surface area contributed by atoms with Gasteiger partial charge in [-0.2, -0.15) is 0 Å². The molecule has 0 bridgehead atoms. The maximum Gasteiger partial charge on any atom is -1.00 e. The van der Waals surface area contributed by atoms with Crippen LogP contribution in [0.1, 0.15) is 12.8 Å². The zero-order chi connectivity index (χ0) is 11.3. The molecule has 18 heavy (non-hydrogen) atoms. The van der Waals surface area contributed by atoms with Crippen molar-refractivity contribution < 1.29 is 38.9 Å². The summed E-state index contributed by atoms with van der Waals surface area (Å²) in [6, 6.07) is 0. The normalized spacial score (nSPS) is 21.6. The van der Waals surface area contributed by atoms with Crippen LogP contribution in [-0.4, -0.2) is 6.19 Å². The predicted octanol–water partition coefficient (Wildman–Crippen LogP) is -1.53. The summed E-state index contributed by atoms with van der Waals surface area (Å²) >= 11 is -2.27. The van der Waals surface area contributed by atoms with Gasteiger partial charge in [0.2, 0.25) is 0 Å². The van der Waals surface area contributed by atoms with Gasteiger partial charge in [0.1, 0.15) is 0 Å². The van der Waals surface area contributed by atoms with Gasteiger partial charge in [0, 0.05) is 0 Å². The van der Waals surface area contributed by atoms with E-state index in [9.17, 15) is 0 Å². The van der Waals surface area contributed by atoms with Crippen LogP contribution in [0.4, 0.5) is 0 Å². The van der Waals surface area contributed by atoms with Gasteiger partial charge in [-0.25, -0.2) is 0 Å². The summed E-state index contributed by atoms with van der Waals surface area (Å²) in [6.07, 6.45) is 16.7. The minimum Gasteiger partial charge on any atom is -1.00 e. The zero-order valence-electron chi connectivity index (χ0n) is 11.0. The Hall–Kier alpha value is 0.471. The van der Waals surface area contributed by atoms with Crippen molar-refractivity contribution in [2.45, 2.75) is 35.4 Å². The standard InChI is InChI=1S/2C5H5.C2H6Si.C2H4.2ClH.Ti/c2*1-2-4-5-3-1;1-3-2;1-2;;;/h2*1-3H,4H2;1-2H3;1-2H2;2*1H;/q;;;;;;+2/p-2. The second-order valence-corrected chi connectivity index (χ2v) is 26.3. The maximum atomic E-state index is 2.59. The zero-order valence-corrected chi connectivity index (χ0v) is 15.1. The summed E-state index contributed by atoms with van der Waals surface area (Å²) in [5.74, 6) is 0. The number of rotatable bonds is 2. The Morgan fingerprint density at radius 2 is 1.33 bits per heavy atom. The van der Waals surface area contributed by atoms with Crippen LogP contribution >= 0.6 is 0 Å². The molecule has 0 aromatic rings. The van der Waals surface area contributed by atoms with E-state index >= 15 is 0 Å². The fourth-order valence-electron chi connectivity index (χ4n) is 3.97.